The fourth-order valence-electron chi connectivity index (χ4n) is 1.53. The molecule has 0 aliphatic heterocycles. The summed E-state index contributed by atoms with van der Waals surface area (Å²) in [6.07, 6.45) is 0.768. The van der Waals surface area contributed by atoms with Gasteiger partial charge in [-0.25, -0.2) is 0 Å². The fourth-order valence-corrected chi connectivity index (χ4v) is 2.37. The van der Waals surface area contributed by atoms with Gasteiger partial charge in [0, 0.05) is 6.07 Å². The van der Waals surface area contributed by atoms with E-state index in [1.54, 1.807) is 0 Å². The SMILES string of the molecule is CCc1nnc(NC(=O)c2cc(Cl)c(N)cc2OC)s1.Cl. The summed E-state index contributed by atoms with van der Waals surface area (Å²) >= 11 is 7.25. The van der Waals surface area contributed by atoms with E-state index in [1.165, 1.54) is 30.6 Å². The van der Waals surface area contributed by atoms with Crippen molar-refractivity contribution >= 4 is 52.1 Å². The van der Waals surface area contributed by atoms with Gasteiger partial charge in [-0.15, -0.1) is 22.6 Å². The van der Waals surface area contributed by atoms with Crippen molar-refractivity contribution in [3.63, 3.8) is 0 Å². The van der Waals surface area contributed by atoms with Crippen molar-refractivity contribution in [3.8, 4) is 5.75 Å². The summed E-state index contributed by atoms with van der Waals surface area (Å²) in [5.41, 5.74) is 6.32. The summed E-state index contributed by atoms with van der Waals surface area (Å²) in [6.45, 7) is 1.97. The van der Waals surface area contributed by atoms with Crippen LogP contribution < -0.4 is 15.8 Å². The molecule has 0 aliphatic rings. The van der Waals surface area contributed by atoms with Gasteiger partial charge in [-0.05, 0) is 12.5 Å². The molecular weight excluding hydrogens is 335 g/mol. The molecule has 1 aromatic heterocycles. The number of halogens is 2. The zero-order chi connectivity index (χ0) is 14.7. The van der Waals surface area contributed by atoms with E-state index in [2.05, 4.69) is 15.5 Å². The lowest BCUT2D eigenvalue weighted by atomic mass is 10.1. The number of nitrogens with zero attached hydrogens (tertiary/aromatic N) is 2. The van der Waals surface area contributed by atoms with E-state index >= 15 is 0 Å². The highest BCUT2D eigenvalue weighted by Gasteiger charge is 2.16. The molecular formula is C12H14Cl2N4O2S. The van der Waals surface area contributed by atoms with E-state index < -0.39 is 0 Å². The lowest BCUT2D eigenvalue weighted by molar-refractivity contribution is 0.102. The molecule has 0 saturated carbocycles. The smallest absolute Gasteiger partial charge is 0.261 e. The number of carbonyl (C=O) groups is 1. The van der Waals surface area contributed by atoms with Crippen molar-refractivity contribution in [3.05, 3.63) is 27.7 Å². The third-order valence-corrected chi connectivity index (χ3v) is 3.86. The summed E-state index contributed by atoms with van der Waals surface area (Å²) in [4.78, 5) is 12.2. The van der Waals surface area contributed by atoms with Crippen molar-refractivity contribution in [2.75, 3.05) is 18.2 Å². The molecule has 114 valence electrons. The number of rotatable bonds is 4. The number of benzene rings is 1. The van der Waals surface area contributed by atoms with Crippen LogP contribution in [0.15, 0.2) is 12.1 Å². The van der Waals surface area contributed by atoms with Gasteiger partial charge in [0.1, 0.15) is 10.8 Å². The average Bonchev–Trinajstić information content (AvgIpc) is 2.88. The molecule has 0 unspecified atom stereocenters. The van der Waals surface area contributed by atoms with Crippen molar-refractivity contribution in [2.24, 2.45) is 0 Å². The molecule has 1 amide bonds. The first-order chi connectivity index (χ1) is 9.55. The number of ether oxygens (including phenoxy) is 1. The number of aromatic nitrogens is 2. The second kappa shape index (κ2) is 7.44. The number of methoxy groups -OCH3 is 1. The van der Waals surface area contributed by atoms with Gasteiger partial charge in [0.05, 0.1) is 23.4 Å². The van der Waals surface area contributed by atoms with Crippen LogP contribution in [0.4, 0.5) is 10.8 Å². The molecule has 0 aliphatic carbocycles. The summed E-state index contributed by atoms with van der Waals surface area (Å²) in [7, 11) is 1.46. The van der Waals surface area contributed by atoms with Crippen molar-refractivity contribution in [1.29, 1.82) is 0 Å². The van der Waals surface area contributed by atoms with E-state index in [4.69, 9.17) is 22.1 Å². The van der Waals surface area contributed by atoms with Crippen LogP contribution in [-0.2, 0) is 6.42 Å². The molecule has 2 rings (SSSR count). The Bertz CT molecular complexity index is 648. The van der Waals surface area contributed by atoms with Gasteiger partial charge in [0.25, 0.3) is 5.91 Å². The minimum atomic E-state index is -0.373. The molecule has 0 atom stereocenters. The van der Waals surface area contributed by atoms with Gasteiger partial charge >= 0.3 is 0 Å². The van der Waals surface area contributed by atoms with Crippen molar-refractivity contribution < 1.29 is 9.53 Å². The lowest BCUT2D eigenvalue weighted by Crippen LogP contribution is -2.13. The predicted molar refractivity (Wildman–Crippen MR) is 86.9 cm³/mol. The molecule has 9 heteroatoms. The van der Waals surface area contributed by atoms with Gasteiger partial charge in [-0.1, -0.05) is 29.9 Å². The summed E-state index contributed by atoms with van der Waals surface area (Å²) in [5, 5.41) is 12.1. The number of aryl methyl sites for hydroxylation is 1. The molecule has 0 saturated heterocycles. The maximum atomic E-state index is 12.2. The van der Waals surface area contributed by atoms with Crippen LogP contribution in [0.1, 0.15) is 22.3 Å². The Morgan fingerprint density at radius 3 is 2.76 bits per heavy atom. The van der Waals surface area contributed by atoms with Crippen LogP contribution in [0.5, 0.6) is 5.75 Å². The number of nitrogen functional groups attached to an aromatic ring is 1. The van der Waals surface area contributed by atoms with Crippen LogP contribution in [0.3, 0.4) is 0 Å². The Balaban J connectivity index is 0.00000220. The Morgan fingerprint density at radius 1 is 1.48 bits per heavy atom. The van der Waals surface area contributed by atoms with Gasteiger partial charge < -0.3 is 10.5 Å². The first-order valence-corrected chi connectivity index (χ1v) is 7.01. The maximum absolute atomic E-state index is 12.2. The number of anilines is 2. The summed E-state index contributed by atoms with van der Waals surface area (Å²) < 4.78 is 5.13. The van der Waals surface area contributed by atoms with Crippen LogP contribution in [0, 0.1) is 0 Å². The number of carbonyl (C=O) groups excluding carboxylic acids is 1. The highest BCUT2D eigenvalue weighted by atomic mass is 35.5. The van der Waals surface area contributed by atoms with E-state index in [9.17, 15) is 4.79 Å². The third-order valence-electron chi connectivity index (χ3n) is 2.55. The van der Waals surface area contributed by atoms with Crippen LogP contribution in [0.25, 0.3) is 0 Å². The Kier molecular flexibility index (Phi) is 6.19. The monoisotopic (exact) mass is 348 g/mol. The number of nitrogens with two attached hydrogens (primary N) is 1. The molecule has 2 aromatic rings. The molecule has 6 nitrogen and oxygen atoms in total. The molecule has 0 spiro atoms. The first-order valence-electron chi connectivity index (χ1n) is 5.81. The molecule has 1 aromatic carbocycles. The third kappa shape index (κ3) is 3.96. The second-order valence-corrected chi connectivity index (χ2v) is 5.35. The van der Waals surface area contributed by atoms with Crippen LogP contribution in [0.2, 0.25) is 5.02 Å². The second-order valence-electron chi connectivity index (χ2n) is 3.88. The van der Waals surface area contributed by atoms with Crippen LogP contribution >= 0.6 is 35.3 Å². The molecule has 0 fully saturated rings. The van der Waals surface area contributed by atoms with Crippen molar-refractivity contribution in [2.45, 2.75) is 13.3 Å². The van der Waals surface area contributed by atoms with Gasteiger partial charge in [0.15, 0.2) is 0 Å². The lowest BCUT2D eigenvalue weighted by Gasteiger charge is -2.09. The summed E-state index contributed by atoms with van der Waals surface area (Å²) in [6, 6.07) is 2.97. The zero-order valence-electron chi connectivity index (χ0n) is 11.3. The largest absolute Gasteiger partial charge is 0.496 e. The van der Waals surface area contributed by atoms with E-state index in [0.29, 0.717) is 27.2 Å². The Hall–Kier alpha value is -1.57. The number of hydrogen-bond donors (Lipinski definition) is 2. The molecule has 21 heavy (non-hydrogen) atoms. The highest BCUT2D eigenvalue weighted by molar-refractivity contribution is 7.15. The number of hydrogen-bond acceptors (Lipinski definition) is 6. The van der Waals surface area contributed by atoms with Gasteiger partial charge in [-0.2, -0.15) is 0 Å². The zero-order valence-corrected chi connectivity index (χ0v) is 13.7. The van der Waals surface area contributed by atoms with Gasteiger partial charge in [-0.3, -0.25) is 10.1 Å². The van der Waals surface area contributed by atoms with Crippen molar-refractivity contribution in [1.82, 2.24) is 10.2 Å². The van der Waals surface area contributed by atoms with E-state index in [1.807, 2.05) is 6.92 Å². The van der Waals surface area contributed by atoms with E-state index in [0.717, 1.165) is 11.4 Å². The number of nitrogens with one attached hydrogen (secondary N) is 1. The average molecular weight is 349 g/mol. The van der Waals surface area contributed by atoms with Crippen LogP contribution in [-0.4, -0.2) is 23.2 Å². The highest BCUT2D eigenvalue weighted by Crippen LogP contribution is 2.29. The Labute approximate surface area is 137 Å². The predicted octanol–water partition coefficient (Wildman–Crippen LogP) is 3.02. The first kappa shape index (κ1) is 17.5. The Morgan fingerprint density at radius 2 is 2.19 bits per heavy atom. The number of amides is 1. The van der Waals surface area contributed by atoms with Gasteiger partial charge in [0.2, 0.25) is 5.13 Å². The molecule has 0 radical (unpaired) electrons. The van der Waals surface area contributed by atoms with E-state index in [-0.39, 0.29) is 18.3 Å². The normalized spacial score (nSPS) is 9.86. The summed E-state index contributed by atoms with van der Waals surface area (Å²) in [5.74, 6) is -0.0211. The standard InChI is InChI=1S/C12H13ClN4O2S.ClH/c1-3-10-16-17-12(20-10)15-11(18)6-4-7(13)8(14)5-9(6)19-2;/h4-5H,3,14H2,1-2H3,(H,15,17,18);1H. The fraction of sp³-hybridized carbons (Fsp3) is 0.250. The minimum Gasteiger partial charge on any atom is -0.496 e. The molecule has 0 bridgehead atoms. The maximum Gasteiger partial charge on any atom is 0.261 e. The molecule has 1 heterocycles. The topological polar surface area (TPSA) is 90.1 Å². The molecule has 3 N–H and O–H groups in total. The quantitative estimate of drug-likeness (QED) is 0.828. The minimum absolute atomic E-state index is 0.